The molecule has 3 heterocycles. The van der Waals surface area contributed by atoms with Crippen LogP contribution in [0.1, 0.15) is 60.7 Å². The molecule has 0 radical (unpaired) electrons. The zero-order valence-electron chi connectivity index (χ0n) is 13.1. The van der Waals surface area contributed by atoms with Crippen LogP contribution in [0.15, 0.2) is 11.6 Å². The fraction of sp³-hybridized carbons (Fsp3) is 0.600. The van der Waals surface area contributed by atoms with Gasteiger partial charge in [-0.3, -0.25) is 4.79 Å². The van der Waals surface area contributed by atoms with Gasteiger partial charge in [0.1, 0.15) is 0 Å². The van der Waals surface area contributed by atoms with Gasteiger partial charge in [0, 0.05) is 29.8 Å². The van der Waals surface area contributed by atoms with Crippen LogP contribution in [-0.4, -0.2) is 37.6 Å². The third-order valence-corrected chi connectivity index (χ3v) is 5.49. The molecular weight excluding hydrogens is 316 g/mol. The molecule has 0 aliphatic carbocycles. The van der Waals surface area contributed by atoms with E-state index in [2.05, 4.69) is 34.9 Å². The summed E-state index contributed by atoms with van der Waals surface area (Å²) in [7, 11) is 0. The lowest BCUT2D eigenvalue weighted by Gasteiger charge is -2.30. The molecule has 22 heavy (non-hydrogen) atoms. The van der Waals surface area contributed by atoms with E-state index in [1.165, 1.54) is 10.7 Å². The SMILES string of the molecule is CC(C)(C)c1csc(C2CCN(C(=O)c3cnsn3)CC2)n1. The van der Waals surface area contributed by atoms with Crippen LogP contribution in [0.4, 0.5) is 0 Å². The summed E-state index contributed by atoms with van der Waals surface area (Å²) in [5, 5.41) is 3.39. The van der Waals surface area contributed by atoms with E-state index in [9.17, 15) is 4.79 Å². The fourth-order valence-corrected chi connectivity index (χ4v) is 4.20. The topological polar surface area (TPSA) is 59.0 Å². The maximum atomic E-state index is 12.3. The highest BCUT2D eigenvalue weighted by atomic mass is 32.1. The van der Waals surface area contributed by atoms with Crippen LogP contribution in [0.25, 0.3) is 0 Å². The first-order valence-corrected chi connectivity index (χ1v) is 9.09. The van der Waals surface area contributed by atoms with Gasteiger partial charge in [-0.2, -0.15) is 8.75 Å². The lowest BCUT2D eigenvalue weighted by atomic mass is 9.93. The predicted molar refractivity (Wildman–Crippen MR) is 88.6 cm³/mol. The van der Waals surface area contributed by atoms with E-state index in [1.54, 1.807) is 17.5 Å². The molecule has 5 nitrogen and oxygen atoms in total. The Labute approximate surface area is 138 Å². The van der Waals surface area contributed by atoms with E-state index in [0.29, 0.717) is 11.6 Å². The Bertz CT molecular complexity index is 637. The molecule has 2 aromatic rings. The quantitative estimate of drug-likeness (QED) is 0.844. The number of carbonyl (C=O) groups is 1. The minimum atomic E-state index is 0.00159. The van der Waals surface area contributed by atoms with Crippen molar-refractivity contribution in [2.24, 2.45) is 0 Å². The van der Waals surface area contributed by atoms with Crippen LogP contribution in [0, 0.1) is 0 Å². The van der Waals surface area contributed by atoms with Gasteiger partial charge in [-0.05, 0) is 12.8 Å². The highest BCUT2D eigenvalue weighted by Crippen LogP contribution is 2.33. The molecule has 2 aromatic heterocycles. The van der Waals surface area contributed by atoms with Crippen LogP contribution in [0.5, 0.6) is 0 Å². The monoisotopic (exact) mass is 336 g/mol. The second-order valence-corrected chi connectivity index (χ2v) is 8.13. The lowest BCUT2D eigenvalue weighted by Crippen LogP contribution is -2.38. The van der Waals surface area contributed by atoms with Crippen molar-refractivity contribution >= 4 is 29.0 Å². The second kappa shape index (κ2) is 6.04. The summed E-state index contributed by atoms with van der Waals surface area (Å²) in [4.78, 5) is 19.0. The molecule has 7 heteroatoms. The summed E-state index contributed by atoms with van der Waals surface area (Å²) in [5.74, 6) is 0.473. The van der Waals surface area contributed by atoms with E-state index < -0.39 is 0 Å². The molecule has 3 rings (SSSR count). The zero-order valence-corrected chi connectivity index (χ0v) is 14.7. The number of thiazole rings is 1. The summed E-state index contributed by atoms with van der Waals surface area (Å²) < 4.78 is 7.93. The van der Waals surface area contributed by atoms with Gasteiger partial charge in [0.25, 0.3) is 5.91 Å². The highest BCUT2D eigenvalue weighted by Gasteiger charge is 2.28. The average molecular weight is 336 g/mol. The summed E-state index contributed by atoms with van der Waals surface area (Å²) in [5.41, 5.74) is 1.73. The molecule has 1 fully saturated rings. The van der Waals surface area contributed by atoms with Crippen LogP contribution < -0.4 is 0 Å². The molecule has 1 amide bonds. The molecule has 1 aliphatic heterocycles. The van der Waals surface area contributed by atoms with Crippen molar-refractivity contribution < 1.29 is 4.79 Å². The minimum Gasteiger partial charge on any atom is -0.337 e. The highest BCUT2D eigenvalue weighted by molar-refractivity contribution is 7.09. The smallest absolute Gasteiger partial charge is 0.275 e. The molecule has 118 valence electrons. The first-order valence-electron chi connectivity index (χ1n) is 7.48. The summed E-state index contributed by atoms with van der Waals surface area (Å²) in [6.07, 6.45) is 3.50. The van der Waals surface area contributed by atoms with Crippen LogP contribution in [0.2, 0.25) is 0 Å². The van der Waals surface area contributed by atoms with Gasteiger partial charge < -0.3 is 4.90 Å². The van der Waals surface area contributed by atoms with E-state index >= 15 is 0 Å². The zero-order chi connectivity index (χ0) is 15.7. The fourth-order valence-electron chi connectivity index (χ4n) is 2.57. The van der Waals surface area contributed by atoms with E-state index in [0.717, 1.165) is 37.7 Å². The van der Waals surface area contributed by atoms with Crippen LogP contribution in [0.3, 0.4) is 0 Å². The number of likely N-dealkylation sites (tertiary alicyclic amines) is 1. The molecule has 1 aliphatic rings. The number of carbonyl (C=O) groups excluding carboxylic acids is 1. The van der Waals surface area contributed by atoms with Crippen LogP contribution >= 0.6 is 23.1 Å². The molecule has 0 aromatic carbocycles. The standard InChI is InChI=1S/C15H20N4OS2/c1-15(2,3)12-9-21-13(17-12)10-4-6-19(7-5-10)14(20)11-8-16-22-18-11/h8-10H,4-7H2,1-3H3. The van der Waals surface area contributed by atoms with Crippen molar-refractivity contribution in [1.29, 1.82) is 0 Å². The Morgan fingerprint density at radius 1 is 1.32 bits per heavy atom. The average Bonchev–Trinajstić information content (AvgIpc) is 3.17. The first kappa shape index (κ1) is 15.6. The Morgan fingerprint density at radius 2 is 2.05 bits per heavy atom. The van der Waals surface area contributed by atoms with Gasteiger partial charge in [0.05, 0.1) is 28.6 Å². The Morgan fingerprint density at radius 3 is 2.59 bits per heavy atom. The summed E-state index contributed by atoms with van der Waals surface area (Å²) >= 11 is 2.83. The minimum absolute atomic E-state index is 0.00159. The molecule has 0 bridgehead atoms. The van der Waals surface area contributed by atoms with E-state index in [-0.39, 0.29) is 11.3 Å². The summed E-state index contributed by atoms with van der Waals surface area (Å²) in [6, 6.07) is 0. The Kier molecular flexibility index (Phi) is 4.27. The third kappa shape index (κ3) is 3.20. The number of aromatic nitrogens is 3. The molecule has 1 saturated heterocycles. The van der Waals surface area contributed by atoms with Crippen molar-refractivity contribution in [3.63, 3.8) is 0 Å². The van der Waals surface area contributed by atoms with Crippen molar-refractivity contribution in [2.75, 3.05) is 13.1 Å². The van der Waals surface area contributed by atoms with Crippen molar-refractivity contribution in [2.45, 2.75) is 44.9 Å². The maximum Gasteiger partial charge on any atom is 0.275 e. The number of nitrogens with zero attached hydrogens (tertiary/aromatic N) is 4. The van der Waals surface area contributed by atoms with Crippen molar-refractivity contribution in [3.05, 3.63) is 28.0 Å². The van der Waals surface area contributed by atoms with Gasteiger partial charge in [-0.15, -0.1) is 11.3 Å². The number of rotatable bonds is 2. The Balaban J connectivity index is 1.62. The van der Waals surface area contributed by atoms with Gasteiger partial charge in [-0.1, -0.05) is 20.8 Å². The second-order valence-electron chi connectivity index (χ2n) is 6.68. The number of piperidine rings is 1. The number of hydrogen-bond acceptors (Lipinski definition) is 6. The molecule has 0 unspecified atom stereocenters. The van der Waals surface area contributed by atoms with Crippen molar-refractivity contribution in [3.8, 4) is 0 Å². The van der Waals surface area contributed by atoms with Crippen molar-refractivity contribution in [1.82, 2.24) is 18.6 Å². The van der Waals surface area contributed by atoms with Gasteiger partial charge in [0.15, 0.2) is 5.69 Å². The molecule has 0 spiro atoms. The number of hydrogen-bond donors (Lipinski definition) is 0. The van der Waals surface area contributed by atoms with Gasteiger partial charge in [-0.25, -0.2) is 4.98 Å². The molecule has 0 saturated carbocycles. The summed E-state index contributed by atoms with van der Waals surface area (Å²) in [6.45, 7) is 8.11. The van der Waals surface area contributed by atoms with Crippen LogP contribution in [-0.2, 0) is 5.41 Å². The van der Waals surface area contributed by atoms with Gasteiger partial charge >= 0.3 is 0 Å². The Hall–Kier alpha value is -1.34. The molecular formula is C15H20N4OS2. The first-order chi connectivity index (χ1) is 10.4. The van der Waals surface area contributed by atoms with E-state index in [4.69, 9.17) is 4.98 Å². The lowest BCUT2D eigenvalue weighted by molar-refractivity contribution is 0.0708. The third-order valence-electron chi connectivity index (χ3n) is 4.00. The normalized spacial score (nSPS) is 17.0. The van der Waals surface area contributed by atoms with Gasteiger partial charge in [0.2, 0.25) is 0 Å². The maximum absolute atomic E-state index is 12.3. The predicted octanol–water partition coefficient (Wildman–Crippen LogP) is 3.31. The largest absolute Gasteiger partial charge is 0.337 e. The van der Waals surface area contributed by atoms with E-state index in [1.807, 2.05) is 4.90 Å². The number of amides is 1. The molecule has 0 N–H and O–H groups in total. The molecule has 0 atom stereocenters.